The molecule has 0 aliphatic carbocycles. The summed E-state index contributed by atoms with van der Waals surface area (Å²) in [4.78, 5) is 27.0. The number of likely N-dealkylation sites (tertiary alicyclic amines) is 1. The van der Waals surface area contributed by atoms with Gasteiger partial charge in [-0.05, 0) is 49.1 Å². The molecule has 0 unspecified atom stereocenters. The van der Waals surface area contributed by atoms with E-state index in [4.69, 9.17) is 0 Å². The van der Waals surface area contributed by atoms with E-state index >= 15 is 0 Å². The summed E-state index contributed by atoms with van der Waals surface area (Å²) in [5, 5.41) is 2.61. The Balaban J connectivity index is 1.67. The van der Waals surface area contributed by atoms with Crippen LogP contribution in [0.2, 0.25) is 0 Å². The number of nitrogens with one attached hydrogen (secondary N) is 1. The average Bonchev–Trinajstić information content (AvgIpc) is 2.69. The highest BCUT2D eigenvalue weighted by atomic mass is 79.9. The van der Waals surface area contributed by atoms with E-state index in [-0.39, 0.29) is 11.7 Å². The average molecular weight is 479 g/mol. The molecule has 0 aromatic heterocycles. The van der Waals surface area contributed by atoms with Gasteiger partial charge in [-0.2, -0.15) is 0 Å². The quantitative estimate of drug-likeness (QED) is 0.686. The number of hydrogen-bond acceptors (Lipinski definition) is 4. The Kier molecular flexibility index (Phi) is 7.08. The summed E-state index contributed by atoms with van der Waals surface area (Å²) < 4.78 is 25.7. The van der Waals surface area contributed by atoms with Crippen LogP contribution in [-0.2, 0) is 20.4 Å². The monoisotopic (exact) mass is 478 g/mol. The SMILES string of the molecule is O=C(CS(=O)(=O)Cc1ccc(Br)cc1)Nc1ccccc1C(=O)N1CCCCC1. The molecule has 0 bridgehead atoms. The molecule has 1 aliphatic heterocycles. The number of piperidine rings is 1. The summed E-state index contributed by atoms with van der Waals surface area (Å²) in [7, 11) is -3.64. The number of nitrogens with zero attached hydrogens (tertiary/aromatic N) is 1. The minimum absolute atomic E-state index is 0.140. The van der Waals surface area contributed by atoms with Gasteiger partial charge in [-0.25, -0.2) is 8.42 Å². The van der Waals surface area contributed by atoms with Gasteiger partial charge in [0.2, 0.25) is 5.91 Å². The van der Waals surface area contributed by atoms with Crippen molar-refractivity contribution in [1.82, 2.24) is 4.90 Å². The summed E-state index contributed by atoms with van der Waals surface area (Å²) in [5.74, 6) is -1.66. The van der Waals surface area contributed by atoms with Gasteiger partial charge in [0.15, 0.2) is 9.84 Å². The van der Waals surface area contributed by atoms with E-state index in [1.807, 2.05) is 0 Å². The smallest absolute Gasteiger partial charge is 0.255 e. The number of rotatable bonds is 6. The molecule has 0 saturated carbocycles. The van der Waals surface area contributed by atoms with Crippen molar-refractivity contribution in [1.29, 1.82) is 0 Å². The number of carbonyl (C=O) groups excluding carboxylic acids is 2. The molecule has 1 N–H and O–H groups in total. The highest BCUT2D eigenvalue weighted by Gasteiger charge is 2.23. The molecule has 0 spiro atoms. The number of hydrogen-bond donors (Lipinski definition) is 1. The number of anilines is 1. The molecule has 2 amide bonds. The van der Waals surface area contributed by atoms with Crippen molar-refractivity contribution in [2.24, 2.45) is 0 Å². The fourth-order valence-corrected chi connectivity index (χ4v) is 4.86. The molecular formula is C21H23BrN2O4S. The van der Waals surface area contributed by atoms with Crippen LogP contribution in [0.4, 0.5) is 5.69 Å². The molecule has 3 rings (SSSR count). The molecule has 0 atom stereocenters. The lowest BCUT2D eigenvalue weighted by molar-refractivity contribution is -0.113. The zero-order chi connectivity index (χ0) is 20.9. The minimum atomic E-state index is -3.64. The molecule has 1 heterocycles. The van der Waals surface area contributed by atoms with Gasteiger partial charge in [0.25, 0.3) is 5.91 Å². The zero-order valence-electron chi connectivity index (χ0n) is 15.9. The van der Waals surface area contributed by atoms with Crippen molar-refractivity contribution in [3.63, 3.8) is 0 Å². The van der Waals surface area contributed by atoms with Crippen LogP contribution in [0.5, 0.6) is 0 Å². The number of sulfone groups is 1. The third kappa shape index (κ3) is 6.14. The van der Waals surface area contributed by atoms with Crippen molar-refractivity contribution in [3.05, 3.63) is 64.1 Å². The number of carbonyl (C=O) groups is 2. The Morgan fingerprint density at radius 2 is 1.62 bits per heavy atom. The second-order valence-electron chi connectivity index (χ2n) is 7.11. The topological polar surface area (TPSA) is 83.5 Å². The largest absolute Gasteiger partial charge is 0.339 e. The van der Waals surface area contributed by atoms with Crippen molar-refractivity contribution in [2.45, 2.75) is 25.0 Å². The van der Waals surface area contributed by atoms with Crippen LogP contribution in [0, 0.1) is 0 Å². The fraction of sp³-hybridized carbons (Fsp3) is 0.333. The van der Waals surface area contributed by atoms with Crippen molar-refractivity contribution < 1.29 is 18.0 Å². The standard InChI is InChI=1S/C21H23BrN2O4S/c22-17-10-8-16(9-11-17)14-29(27,28)15-20(25)23-19-7-3-2-6-18(19)21(26)24-12-4-1-5-13-24/h2-3,6-11H,1,4-5,12-15H2,(H,23,25). The molecule has 154 valence electrons. The van der Waals surface area contributed by atoms with E-state index in [1.54, 1.807) is 53.4 Å². The van der Waals surface area contributed by atoms with E-state index in [1.165, 1.54) is 0 Å². The molecule has 1 saturated heterocycles. The maximum atomic E-state index is 12.8. The minimum Gasteiger partial charge on any atom is -0.339 e. The fourth-order valence-electron chi connectivity index (χ4n) is 3.32. The first-order valence-corrected chi connectivity index (χ1v) is 12.1. The highest BCUT2D eigenvalue weighted by Crippen LogP contribution is 2.20. The van der Waals surface area contributed by atoms with Crippen molar-refractivity contribution in [3.8, 4) is 0 Å². The number of amides is 2. The van der Waals surface area contributed by atoms with Crippen LogP contribution in [0.1, 0.15) is 35.2 Å². The van der Waals surface area contributed by atoms with E-state index in [2.05, 4.69) is 21.2 Å². The van der Waals surface area contributed by atoms with Crippen LogP contribution in [0.3, 0.4) is 0 Å². The van der Waals surface area contributed by atoms with Crippen molar-refractivity contribution >= 4 is 43.3 Å². The van der Waals surface area contributed by atoms with Gasteiger partial charge in [0.1, 0.15) is 5.75 Å². The lowest BCUT2D eigenvalue weighted by Gasteiger charge is -2.27. The second kappa shape index (κ2) is 9.54. The van der Waals surface area contributed by atoms with Crippen LogP contribution in [0.15, 0.2) is 53.0 Å². The van der Waals surface area contributed by atoms with Crippen LogP contribution < -0.4 is 5.32 Å². The van der Waals surface area contributed by atoms with Gasteiger partial charge >= 0.3 is 0 Å². The molecule has 1 aliphatic rings. The maximum absolute atomic E-state index is 12.8. The van der Waals surface area contributed by atoms with Gasteiger partial charge in [-0.1, -0.05) is 40.2 Å². The number of halogens is 1. The maximum Gasteiger partial charge on any atom is 0.255 e. The van der Waals surface area contributed by atoms with Gasteiger partial charge in [0, 0.05) is 17.6 Å². The lowest BCUT2D eigenvalue weighted by Crippen LogP contribution is -2.36. The van der Waals surface area contributed by atoms with E-state index in [0.717, 1.165) is 23.7 Å². The Labute approximate surface area is 179 Å². The first-order valence-electron chi connectivity index (χ1n) is 9.47. The molecule has 29 heavy (non-hydrogen) atoms. The normalized spacial score (nSPS) is 14.4. The summed E-state index contributed by atoms with van der Waals surface area (Å²) in [6, 6.07) is 13.6. The molecule has 6 nitrogen and oxygen atoms in total. The first-order chi connectivity index (χ1) is 13.8. The predicted octanol–water partition coefficient (Wildman–Crippen LogP) is 3.63. The molecule has 1 fully saturated rings. The van der Waals surface area contributed by atoms with Crippen LogP contribution in [0.25, 0.3) is 0 Å². The van der Waals surface area contributed by atoms with Crippen molar-refractivity contribution in [2.75, 3.05) is 24.2 Å². The zero-order valence-corrected chi connectivity index (χ0v) is 18.3. The summed E-state index contributed by atoms with van der Waals surface area (Å²) in [6.45, 7) is 1.39. The van der Waals surface area contributed by atoms with Gasteiger partial charge in [-0.3, -0.25) is 9.59 Å². The van der Waals surface area contributed by atoms with E-state index < -0.39 is 21.5 Å². The van der Waals surface area contributed by atoms with Gasteiger partial charge in [-0.15, -0.1) is 0 Å². The lowest BCUT2D eigenvalue weighted by atomic mass is 10.1. The summed E-state index contributed by atoms with van der Waals surface area (Å²) in [6.07, 6.45) is 3.04. The third-order valence-electron chi connectivity index (χ3n) is 4.73. The molecule has 8 heteroatoms. The molecular weight excluding hydrogens is 456 g/mol. The van der Waals surface area contributed by atoms with Crippen LogP contribution >= 0.6 is 15.9 Å². The van der Waals surface area contributed by atoms with E-state index in [9.17, 15) is 18.0 Å². The van der Waals surface area contributed by atoms with Gasteiger partial charge < -0.3 is 10.2 Å². The van der Waals surface area contributed by atoms with E-state index in [0.29, 0.717) is 29.9 Å². The Morgan fingerprint density at radius 3 is 2.31 bits per heavy atom. The molecule has 2 aromatic carbocycles. The number of benzene rings is 2. The summed E-state index contributed by atoms with van der Waals surface area (Å²) in [5.41, 5.74) is 1.33. The second-order valence-corrected chi connectivity index (χ2v) is 10.1. The third-order valence-corrected chi connectivity index (χ3v) is 6.73. The van der Waals surface area contributed by atoms with Gasteiger partial charge in [0.05, 0.1) is 17.0 Å². The highest BCUT2D eigenvalue weighted by molar-refractivity contribution is 9.10. The summed E-state index contributed by atoms with van der Waals surface area (Å²) >= 11 is 3.30. The first kappa shape index (κ1) is 21.5. The van der Waals surface area contributed by atoms with Crippen LogP contribution in [-0.4, -0.2) is 44.0 Å². The predicted molar refractivity (Wildman–Crippen MR) is 116 cm³/mol. The Hall–Kier alpha value is -2.19. The number of para-hydroxylation sites is 1. The molecule has 2 aromatic rings. The Morgan fingerprint density at radius 1 is 0.966 bits per heavy atom. The Bertz CT molecular complexity index is 984. The molecule has 0 radical (unpaired) electrons.